The largest absolute Gasteiger partial charge is 0.860 e. The molecule has 0 unspecified atom stereocenters. The van der Waals surface area contributed by atoms with E-state index >= 15 is 0 Å². The summed E-state index contributed by atoms with van der Waals surface area (Å²) in [6.45, 7) is 1.91. The van der Waals surface area contributed by atoms with Gasteiger partial charge in [0.25, 0.3) is 0 Å². The van der Waals surface area contributed by atoms with Crippen LogP contribution >= 0.6 is 14.5 Å². The van der Waals surface area contributed by atoms with Crippen molar-refractivity contribution in [1.82, 2.24) is 0 Å². The van der Waals surface area contributed by atoms with Crippen LogP contribution < -0.4 is 57.1 Å². The second-order valence-corrected chi connectivity index (χ2v) is 21.1. The molecule has 0 aliphatic heterocycles. The van der Waals surface area contributed by atoms with Crippen LogP contribution in [0.3, 0.4) is 0 Å². The van der Waals surface area contributed by atoms with Gasteiger partial charge in [-0.2, -0.15) is 0 Å². The van der Waals surface area contributed by atoms with E-state index < -0.39 is 21.8 Å². The van der Waals surface area contributed by atoms with Crippen molar-refractivity contribution < 1.29 is 14.7 Å². The first-order valence-corrected chi connectivity index (χ1v) is 23.9. The van der Waals surface area contributed by atoms with Crippen LogP contribution in [0.4, 0.5) is 0 Å². The Kier molecular flexibility index (Phi) is 14.9. The average Bonchev–Trinajstić information content (AvgIpc) is 3.33. The van der Waals surface area contributed by atoms with Crippen molar-refractivity contribution in [3.05, 3.63) is 272 Å². The molecule has 0 bridgehead atoms. The molecule has 6 heteroatoms. The highest BCUT2D eigenvalue weighted by Gasteiger charge is 2.48. The second kappa shape index (κ2) is 21.2. The van der Waals surface area contributed by atoms with E-state index in [0.29, 0.717) is 5.75 Å². The first-order valence-electron chi connectivity index (χ1n) is 20.3. The zero-order chi connectivity index (χ0) is 42.2. The number of hydrogen-bond donors (Lipinski definition) is 0. The topological polar surface area (TPSA) is 55.3 Å². The van der Waals surface area contributed by atoms with E-state index in [1.165, 1.54) is 42.4 Å². The zero-order valence-electron chi connectivity index (χ0n) is 34.1. The van der Waals surface area contributed by atoms with Gasteiger partial charge in [0, 0.05) is 0 Å². The summed E-state index contributed by atoms with van der Waals surface area (Å²) in [7, 11) is -6.05. The van der Waals surface area contributed by atoms with Crippen molar-refractivity contribution in [3.8, 4) is 5.75 Å². The van der Waals surface area contributed by atoms with Crippen LogP contribution in [0.1, 0.15) is 5.56 Å². The van der Waals surface area contributed by atoms with Gasteiger partial charge in [0.1, 0.15) is 64.3 Å². The summed E-state index contributed by atoms with van der Waals surface area (Å²) < 4.78 is 4.36. The lowest BCUT2D eigenvalue weighted by Gasteiger charge is -2.27. The summed E-state index contributed by atoms with van der Waals surface area (Å²) in [5.41, 5.74) is 1.06. The van der Waals surface area contributed by atoms with Crippen LogP contribution in [0.25, 0.3) is 0 Å². The lowest BCUT2D eigenvalue weighted by atomic mass is 10.2. The molecular weight excluding hydrogens is 781 g/mol. The molecule has 3 nitrogen and oxygen atoms in total. The van der Waals surface area contributed by atoms with Crippen molar-refractivity contribution in [2.45, 2.75) is 6.92 Å². The van der Waals surface area contributed by atoms with Gasteiger partial charge in [-0.05, 0) is 116 Å². The summed E-state index contributed by atoms with van der Waals surface area (Å²) >= 11 is 0. The van der Waals surface area contributed by atoms with Crippen LogP contribution in [0, 0.1) is 6.92 Å². The van der Waals surface area contributed by atoms with Crippen molar-refractivity contribution in [1.29, 1.82) is 0 Å². The third-order valence-electron chi connectivity index (χ3n) is 10.4. The van der Waals surface area contributed by atoms with Crippen molar-refractivity contribution in [2.75, 3.05) is 0 Å². The van der Waals surface area contributed by atoms with E-state index in [4.69, 9.17) is 0 Å². The van der Waals surface area contributed by atoms with Gasteiger partial charge in [-0.15, -0.1) is 0 Å². The van der Waals surface area contributed by atoms with Crippen LogP contribution in [0.2, 0.25) is 0 Å². The molecule has 0 radical (unpaired) electrons. The first-order chi connectivity index (χ1) is 30.0. The molecule has 0 N–H and O–H groups in total. The molecule has 0 amide bonds. The summed E-state index contributed by atoms with van der Waals surface area (Å²) in [4.78, 5) is 0. The molecule has 0 atom stereocenters. The first kappa shape index (κ1) is 42.7. The Bertz CT molecular complexity index is 2120. The minimum Gasteiger partial charge on any atom is -0.860 e. The molecule has 61 heavy (non-hydrogen) atoms. The standard InChI is InChI=1S/2C24H20P.C7H7BO3/c2*1-5-13-21(14-6-1)25(22-15-7-2-8-16-22,23-17-9-3-10-18-23)24-19-11-4-12-20-24;1-6-2-4-7(5-3-6)11-8(9)10/h2*1-20H;2-5H,1H3/q2*+1;-2. The van der Waals surface area contributed by atoms with Crippen LogP contribution in [-0.4, -0.2) is 7.32 Å². The van der Waals surface area contributed by atoms with Crippen LogP contribution in [0.5, 0.6) is 5.75 Å². The van der Waals surface area contributed by atoms with Crippen molar-refractivity contribution in [2.24, 2.45) is 0 Å². The fraction of sp³-hybridized carbons (Fsp3) is 0.0182. The highest BCUT2D eigenvalue weighted by Crippen LogP contribution is 2.55. The molecule has 0 fully saturated rings. The van der Waals surface area contributed by atoms with E-state index in [9.17, 15) is 10.0 Å². The number of rotatable bonds is 10. The lowest BCUT2D eigenvalue weighted by Crippen LogP contribution is -2.50. The molecule has 9 rings (SSSR count). The minimum absolute atomic E-state index is 0.325. The Morgan fingerprint density at radius 1 is 0.279 bits per heavy atom. The van der Waals surface area contributed by atoms with Crippen molar-refractivity contribution in [3.63, 3.8) is 0 Å². The van der Waals surface area contributed by atoms with E-state index in [0.717, 1.165) is 5.56 Å². The third kappa shape index (κ3) is 9.99. The molecular formula is C55H47BO3P2. The van der Waals surface area contributed by atoms with Gasteiger partial charge in [0.15, 0.2) is 0 Å². The number of benzene rings is 9. The predicted molar refractivity (Wildman–Crippen MR) is 260 cm³/mol. The average molecular weight is 829 g/mol. The third-order valence-corrected chi connectivity index (χ3v) is 19.0. The second-order valence-electron chi connectivity index (χ2n) is 14.2. The molecule has 0 aliphatic carbocycles. The molecule has 0 spiro atoms. The van der Waals surface area contributed by atoms with Gasteiger partial charge in [0.2, 0.25) is 0 Å². The Morgan fingerprint density at radius 2 is 0.459 bits per heavy atom. The Hall–Kier alpha value is -6.38. The number of aryl methyl sites for hydroxylation is 1. The van der Waals surface area contributed by atoms with Gasteiger partial charge < -0.3 is 14.7 Å². The fourth-order valence-corrected chi connectivity index (χ4v) is 16.3. The van der Waals surface area contributed by atoms with E-state index in [2.05, 4.69) is 247 Å². The van der Waals surface area contributed by atoms with E-state index in [1.807, 2.05) is 6.92 Å². The highest BCUT2D eigenvalue weighted by atomic mass is 31.2. The SMILES string of the molecule is Cc1ccc(OB([O-])[O-])cc1.c1ccc([P+](c2ccccc2)(c2ccccc2)c2ccccc2)cc1.c1ccc([P+](c2ccccc2)(c2ccccc2)c2ccccc2)cc1. The monoisotopic (exact) mass is 828 g/mol. The van der Waals surface area contributed by atoms with Gasteiger partial charge in [-0.25, -0.2) is 0 Å². The summed E-state index contributed by atoms with van der Waals surface area (Å²) in [5, 5.41) is 31.1. The summed E-state index contributed by atoms with van der Waals surface area (Å²) in [5.74, 6) is 0.325. The molecule has 298 valence electrons. The van der Waals surface area contributed by atoms with Crippen molar-refractivity contribution >= 4 is 64.3 Å². The normalized spacial score (nSPS) is 10.9. The molecule has 9 aromatic carbocycles. The smallest absolute Gasteiger partial charge is 0.144 e. The Labute approximate surface area is 362 Å². The van der Waals surface area contributed by atoms with Gasteiger partial charge in [-0.3, -0.25) is 0 Å². The minimum atomic E-state index is -2.24. The van der Waals surface area contributed by atoms with Gasteiger partial charge in [-0.1, -0.05) is 163 Å². The molecule has 0 saturated carbocycles. The molecule has 0 heterocycles. The van der Waals surface area contributed by atoms with Gasteiger partial charge >= 0.3 is 0 Å². The maximum atomic E-state index is 10.0. The molecule has 0 saturated heterocycles. The summed E-state index contributed by atoms with van der Waals surface area (Å²) in [6.07, 6.45) is 0. The zero-order valence-corrected chi connectivity index (χ0v) is 35.9. The predicted octanol–water partition coefficient (Wildman–Crippen LogP) is 7.69. The lowest BCUT2D eigenvalue weighted by molar-refractivity contribution is -0.372. The molecule has 0 aromatic heterocycles. The van der Waals surface area contributed by atoms with Crippen LogP contribution in [-0.2, 0) is 0 Å². The van der Waals surface area contributed by atoms with E-state index in [-0.39, 0.29) is 0 Å². The number of hydrogen-bond acceptors (Lipinski definition) is 3. The Balaban J connectivity index is 0.000000149. The highest BCUT2D eigenvalue weighted by molar-refractivity contribution is 8.02. The van der Waals surface area contributed by atoms with E-state index in [1.54, 1.807) is 24.3 Å². The Morgan fingerprint density at radius 3 is 0.623 bits per heavy atom. The maximum absolute atomic E-state index is 10.0. The maximum Gasteiger partial charge on any atom is 0.144 e. The summed E-state index contributed by atoms with van der Waals surface area (Å²) in [6, 6.07) is 94.4. The molecule has 9 aromatic rings. The molecule has 0 aliphatic rings. The quantitative estimate of drug-likeness (QED) is 0.105. The van der Waals surface area contributed by atoms with Crippen LogP contribution in [0.15, 0.2) is 267 Å². The fourth-order valence-electron chi connectivity index (χ4n) is 7.73. The van der Waals surface area contributed by atoms with Gasteiger partial charge in [0.05, 0.1) is 5.75 Å².